The SMILES string of the molecule is COC[C@H](C)NC(=O)CN1CCN(c2ccccc2)C1=O. The number of amides is 3. The first-order valence-electron chi connectivity index (χ1n) is 7.01. The summed E-state index contributed by atoms with van der Waals surface area (Å²) in [6.07, 6.45) is 0. The molecule has 0 bridgehead atoms. The molecule has 0 radical (unpaired) electrons. The summed E-state index contributed by atoms with van der Waals surface area (Å²) in [6.45, 7) is 3.55. The Morgan fingerprint density at radius 1 is 1.33 bits per heavy atom. The van der Waals surface area contributed by atoms with E-state index in [1.165, 1.54) is 0 Å². The molecule has 1 heterocycles. The summed E-state index contributed by atoms with van der Waals surface area (Å²) in [5, 5.41) is 2.81. The van der Waals surface area contributed by atoms with E-state index in [-0.39, 0.29) is 24.5 Å². The van der Waals surface area contributed by atoms with E-state index in [0.29, 0.717) is 19.7 Å². The number of para-hydroxylation sites is 1. The third-order valence-corrected chi connectivity index (χ3v) is 3.32. The van der Waals surface area contributed by atoms with E-state index in [2.05, 4.69) is 5.32 Å². The average molecular weight is 291 g/mol. The first-order valence-corrected chi connectivity index (χ1v) is 7.01. The molecule has 6 nitrogen and oxygen atoms in total. The van der Waals surface area contributed by atoms with E-state index >= 15 is 0 Å². The van der Waals surface area contributed by atoms with Gasteiger partial charge in [-0.05, 0) is 19.1 Å². The second-order valence-corrected chi connectivity index (χ2v) is 5.12. The predicted molar refractivity (Wildman–Crippen MR) is 80.2 cm³/mol. The van der Waals surface area contributed by atoms with Gasteiger partial charge in [0.25, 0.3) is 0 Å². The topological polar surface area (TPSA) is 61.9 Å². The van der Waals surface area contributed by atoms with Crippen LogP contribution in [0.5, 0.6) is 0 Å². The normalized spacial score (nSPS) is 16.2. The van der Waals surface area contributed by atoms with E-state index in [9.17, 15) is 9.59 Å². The van der Waals surface area contributed by atoms with E-state index in [0.717, 1.165) is 5.69 Å². The summed E-state index contributed by atoms with van der Waals surface area (Å²) >= 11 is 0. The van der Waals surface area contributed by atoms with E-state index in [1.54, 1.807) is 16.9 Å². The first-order chi connectivity index (χ1) is 10.1. The van der Waals surface area contributed by atoms with Crippen LogP contribution in [-0.2, 0) is 9.53 Å². The fourth-order valence-corrected chi connectivity index (χ4v) is 2.36. The lowest BCUT2D eigenvalue weighted by Crippen LogP contribution is -2.44. The van der Waals surface area contributed by atoms with Gasteiger partial charge in [-0.25, -0.2) is 4.79 Å². The van der Waals surface area contributed by atoms with Crippen molar-refractivity contribution >= 4 is 17.6 Å². The maximum Gasteiger partial charge on any atom is 0.325 e. The minimum atomic E-state index is -0.164. The summed E-state index contributed by atoms with van der Waals surface area (Å²) < 4.78 is 4.97. The van der Waals surface area contributed by atoms with Crippen LogP contribution in [0.15, 0.2) is 30.3 Å². The van der Waals surface area contributed by atoms with Crippen LogP contribution in [0.4, 0.5) is 10.5 Å². The smallest absolute Gasteiger partial charge is 0.325 e. The van der Waals surface area contributed by atoms with Gasteiger partial charge in [0, 0.05) is 31.9 Å². The fraction of sp³-hybridized carbons (Fsp3) is 0.467. The van der Waals surface area contributed by atoms with Crippen LogP contribution in [0, 0.1) is 0 Å². The summed E-state index contributed by atoms with van der Waals surface area (Å²) in [4.78, 5) is 27.4. The third kappa shape index (κ3) is 3.95. The number of urea groups is 1. The molecular formula is C15H21N3O3. The summed E-state index contributed by atoms with van der Waals surface area (Å²) in [5.74, 6) is -0.164. The van der Waals surface area contributed by atoms with Crippen LogP contribution in [-0.4, -0.2) is 56.2 Å². The van der Waals surface area contributed by atoms with E-state index < -0.39 is 0 Å². The molecule has 1 aliphatic rings. The maximum absolute atomic E-state index is 12.3. The molecule has 1 saturated heterocycles. The molecule has 1 aliphatic heterocycles. The van der Waals surface area contributed by atoms with Crippen molar-refractivity contribution in [2.24, 2.45) is 0 Å². The van der Waals surface area contributed by atoms with Gasteiger partial charge < -0.3 is 15.0 Å². The Bertz CT molecular complexity index is 492. The van der Waals surface area contributed by atoms with Crippen molar-refractivity contribution in [1.82, 2.24) is 10.2 Å². The predicted octanol–water partition coefficient (Wildman–Crippen LogP) is 1.08. The molecular weight excluding hydrogens is 270 g/mol. The fourth-order valence-electron chi connectivity index (χ4n) is 2.36. The Labute approximate surface area is 124 Å². The molecule has 1 atom stereocenters. The van der Waals surface area contributed by atoms with Crippen LogP contribution in [0.3, 0.4) is 0 Å². The Morgan fingerprint density at radius 2 is 2.05 bits per heavy atom. The van der Waals surface area contributed by atoms with Crippen molar-refractivity contribution in [2.75, 3.05) is 38.3 Å². The van der Waals surface area contributed by atoms with Crippen molar-refractivity contribution in [2.45, 2.75) is 13.0 Å². The zero-order valence-corrected chi connectivity index (χ0v) is 12.4. The molecule has 114 valence electrons. The molecule has 1 fully saturated rings. The first kappa shape index (κ1) is 15.3. The highest BCUT2D eigenvalue weighted by Gasteiger charge is 2.30. The van der Waals surface area contributed by atoms with E-state index in [1.807, 2.05) is 37.3 Å². The lowest BCUT2D eigenvalue weighted by Gasteiger charge is -2.19. The van der Waals surface area contributed by atoms with Gasteiger partial charge in [-0.2, -0.15) is 0 Å². The van der Waals surface area contributed by atoms with Gasteiger partial charge in [0.1, 0.15) is 6.54 Å². The Hall–Kier alpha value is -2.08. The van der Waals surface area contributed by atoms with Gasteiger partial charge in [-0.1, -0.05) is 18.2 Å². The summed E-state index contributed by atoms with van der Waals surface area (Å²) in [6, 6.07) is 9.28. The molecule has 0 saturated carbocycles. The van der Waals surface area contributed by atoms with Crippen molar-refractivity contribution in [3.05, 3.63) is 30.3 Å². The maximum atomic E-state index is 12.3. The zero-order chi connectivity index (χ0) is 15.2. The lowest BCUT2D eigenvalue weighted by molar-refractivity contribution is -0.122. The van der Waals surface area contributed by atoms with Crippen LogP contribution < -0.4 is 10.2 Å². The standard InChI is InChI=1S/C15H21N3O3/c1-12(11-21-2)16-14(19)10-17-8-9-18(15(17)20)13-6-4-3-5-7-13/h3-7,12H,8-11H2,1-2H3,(H,16,19)/t12-/m0/s1. The number of rotatable bonds is 6. The van der Waals surface area contributed by atoms with Crippen LogP contribution >= 0.6 is 0 Å². The van der Waals surface area contributed by atoms with Crippen molar-refractivity contribution < 1.29 is 14.3 Å². The number of carbonyl (C=O) groups is 2. The molecule has 1 aromatic rings. The minimum absolute atomic E-state index is 0.0644. The number of carbonyl (C=O) groups excluding carboxylic acids is 2. The van der Waals surface area contributed by atoms with Gasteiger partial charge in [-0.3, -0.25) is 9.69 Å². The quantitative estimate of drug-likeness (QED) is 0.853. The molecule has 2 rings (SSSR count). The van der Waals surface area contributed by atoms with Crippen LogP contribution in [0.2, 0.25) is 0 Å². The summed E-state index contributed by atoms with van der Waals surface area (Å²) in [5.41, 5.74) is 0.859. The van der Waals surface area contributed by atoms with Gasteiger partial charge in [-0.15, -0.1) is 0 Å². The third-order valence-electron chi connectivity index (χ3n) is 3.32. The average Bonchev–Trinajstić information content (AvgIpc) is 2.81. The second kappa shape index (κ2) is 7.08. The molecule has 0 aromatic heterocycles. The molecule has 1 aromatic carbocycles. The molecule has 0 unspecified atom stereocenters. The monoisotopic (exact) mass is 291 g/mol. The highest BCUT2D eigenvalue weighted by molar-refractivity contribution is 5.96. The van der Waals surface area contributed by atoms with Crippen molar-refractivity contribution in [1.29, 1.82) is 0 Å². The van der Waals surface area contributed by atoms with E-state index in [4.69, 9.17) is 4.74 Å². The molecule has 3 amide bonds. The Balaban J connectivity index is 1.89. The highest BCUT2D eigenvalue weighted by atomic mass is 16.5. The number of methoxy groups -OCH3 is 1. The number of hydrogen-bond acceptors (Lipinski definition) is 3. The van der Waals surface area contributed by atoms with Crippen LogP contribution in [0.25, 0.3) is 0 Å². The summed E-state index contributed by atoms with van der Waals surface area (Å²) in [7, 11) is 1.59. The number of ether oxygens (including phenoxy) is 1. The lowest BCUT2D eigenvalue weighted by atomic mass is 10.3. The largest absolute Gasteiger partial charge is 0.383 e. The van der Waals surface area contributed by atoms with Crippen LogP contribution in [0.1, 0.15) is 6.92 Å². The highest BCUT2D eigenvalue weighted by Crippen LogP contribution is 2.19. The van der Waals surface area contributed by atoms with Crippen molar-refractivity contribution in [3.63, 3.8) is 0 Å². The van der Waals surface area contributed by atoms with Gasteiger partial charge in [0.15, 0.2) is 0 Å². The zero-order valence-electron chi connectivity index (χ0n) is 12.4. The van der Waals surface area contributed by atoms with Gasteiger partial charge in [0.2, 0.25) is 5.91 Å². The number of nitrogens with zero attached hydrogens (tertiary/aromatic N) is 2. The number of hydrogen-bond donors (Lipinski definition) is 1. The number of benzene rings is 1. The Morgan fingerprint density at radius 3 is 2.71 bits per heavy atom. The molecule has 21 heavy (non-hydrogen) atoms. The minimum Gasteiger partial charge on any atom is -0.383 e. The molecule has 6 heteroatoms. The second-order valence-electron chi connectivity index (χ2n) is 5.12. The molecule has 1 N–H and O–H groups in total. The Kier molecular flexibility index (Phi) is 5.16. The number of anilines is 1. The number of nitrogens with one attached hydrogen (secondary N) is 1. The molecule has 0 spiro atoms. The van der Waals surface area contributed by atoms with Crippen molar-refractivity contribution in [3.8, 4) is 0 Å². The van der Waals surface area contributed by atoms with Gasteiger partial charge in [0.05, 0.1) is 6.61 Å². The van der Waals surface area contributed by atoms with Gasteiger partial charge >= 0.3 is 6.03 Å². The molecule has 0 aliphatic carbocycles.